The zero-order valence-electron chi connectivity index (χ0n) is 16.6. The second-order valence-electron chi connectivity index (χ2n) is 7.12. The number of carbonyl (C=O) groups is 2. The molecule has 154 valence electrons. The second kappa shape index (κ2) is 9.17. The van der Waals surface area contributed by atoms with E-state index in [2.05, 4.69) is 5.32 Å². The molecular formula is C21H24N2O5S. The lowest BCUT2D eigenvalue weighted by molar-refractivity contribution is -0.385. The highest BCUT2D eigenvalue weighted by Crippen LogP contribution is 2.38. The number of nitrogens with zero attached hydrogens (tertiary/aromatic N) is 1. The van der Waals surface area contributed by atoms with Gasteiger partial charge in [0.05, 0.1) is 17.1 Å². The summed E-state index contributed by atoms with van der Waals surface area (Å²) in [5.74, 6) is -0.898. The fraction of sp³-hybridized carbons (Fsp3) is 0.429. The molecule has 1 heterocycles. The molecule has 1 amide bonds. The van der Waals surface area contributed by atoms with Crippen LogP contribution in [0.1, 0.15) is 69.3 Å². The SMILES string of the molecule is CCCOC(=O)c1c(NC(=O)c2ccc(C)c([N+](=O)[O-])c2)sc2c1CCCCC2. The molecule has 0 unspecified atom stereocenters. The van der Waals surface area contributed by atoms with Crippen LogP contribution in [0.5, 0.6) is 0 Å². The van der Waals surface area contributed by atoms with E-state index in [-0.39, 0.29) is 11.3 Å². The lowest BCUT2D eigenvalue weighted by Crippen LogP contribution is -2.16. The molecule has 0 spiro atoms. The third-order valence-electron chi connectivity index (χ3n) is 4.96. The first-order valence-corrected chi connectivity index (χ1v) is 10.6. The zero-order chi connectivity index (χ0) is 21.0. The van der Waals surface area contributed by atoms with Crippen molar-refractivity contribution in [3.8, 4) is 0 Å². The first-order chi connectivity index (χ1) is 13.9. The molecule has 1 aromatic carbocycles. The molecule has 0 radical (unpaired) electrons. The minimum Gasteiger partial charge on any atom is -0.462 e. The van der Waals surface area contributed by atoms with Crippen LogP contribution < -0.4 is 5.32 Å². The van der Waals surface area contributed by atoms with Crippen LogP contribution in [0.4, 0.5) is 10.7 Å². The van der Waals surface area contributed by atoms with Crippen molar-refractivity contribution in [1.82, 2.24) is 0 Å². The van der Waals surface area contributed by atoms with E-state index in [1.165, 1.54) is 17.4 Å². The van der Waals surface area contributed by atoms with Crippen LogP contribution in [-0.2, 0) is 17.6 Å². The summed E-state index contributed by atoms with van der Waals surface area (Å²) in [6, 6.07) is 4.36. The molecule has 0 aliphatic heterocycles. The number of benzene rings is 1. The van der Waals surface area contributed by atoms with Crippen LogP contribution in [0.25, 0.3) is 0 Å². The summed E-state index contributed by atoms with van der Waals surface area (Å²) in [5, 5.41) is 14.4. The maximum Gasteiger partial charge on any atom is 0.341 e. The number of hydrogen-bond donors (Lipinski definition) is 1. The van der Waals surface area contributed by atoms with E-state index >= 15 is 0 Å². The van der Waals surface area contributed by atoms with Crippen LogP contribution in [0.15, 0.2) is 18.2 Å². The summed E-state index contributed by atoms with van der Waals surface area (Å²) in [6.07, 6.45) is 5.53. The number of ether oxygens (including phenoxy) is 1. The largest absolute Gasteiger partial charge is 0.462 e. The van der Waals surface area contributed by atoms with Gasteiger partial charge in [-0.1, -0.05) is 19.4 Å². The standard InChI is InChI=1S/C21H24N2O5S/c1-3-11-28-21(25)18-15-7-5-4-6-8-17(15)29-20(18)22-19(24)14-10-9-13(2)16(12-14)23(26)27/h9-10,12H,3-8,11H2,1-2H3,(H,22,24). The highest BCUT2D eigenvalue weighted by Gasteiger charge is 2.27. The monoisotopic (exact) mass is 416 g/mol. The van der Waals surface area contributed by atoms with Crippen molar-refractivity contribution < 1.29 is 19.2 Å². The molecule has 2 aromatic rings. The fourth-order valence-corrected chi connectivity index (χ4v) is 4.71. The van der Waals surface area contributed by atoms with Gasteiger partial charge in [-0.25, -0.2) is 4.79 Å². The number of nitro benzene ring substituents is 1. The molecule has 0 saturated carbocycles. The van der Waals surface area contributed by atoms with Gasteiger partial charge in [0.2, 0.25) is 0 Å². The molecule has 29 heavy (non-hydrogen) atoms. The quantitative estimate of drug-likeness (QED) is 0.307. The van der Waals surface area contributed by atoms with Crippen LogP contribution in [0.2, 0.25) is 0 Å². The Balaban J connectivity index is 1.94. The van der Waals surface area contributed by atoms with Gasteiger partial charge >= 0.3 is 5.97 Å². The minimum atomic E-state index is -0.507. The number of anilines is 1. The molecule has 1 aromatic heterocycles. The molecule has 0 bridgehead atoms. The van der Waals surface area contributed by atoms with Crippen LogP contribution in [0.3, 0.4) is 0 Å². The average Bonchev–Trinajstić information content (AvgIpc) is 2.86. The summed E-state index contributed by atoms with van der Waals surface area (Å²) >= 11 is 1.41. The van der Waals surface area contributed by atoms with E-state index in [9.17, 15) is 19.7 Å². The molecule has 0 fully saturated rings. The predicted octanol–water partition coefficient (Wildman–Crippen LogP) is 5.05. The van der Waals surface area contributed by atoms with Gasteiger partial charge in [-0.05, 0) is 50.7 Å². The number of amides is 1. The van der Waals surface area contributed by atoms with Crippen molar-refractivity contribution in [3.05, 3.63) is 55.4 Å². The van der Waals surface area contributed by atoms with Crippen molar-refractivity contribution >= 4 is 33.9 Å². The highest BCUT2D eigenvalue weighted by molar-refractivity contribution is 7.17. The number of thiophene rings is 1. The Kier molecular flexibility index (Phi) is 6.64. The van der Waals surface area contributed by atoms with Gasteiger partial charge < -0.3 is 10.1 Å². The Labute approximate surface area is 173 Å². The van der Waals surface area contributed by atoms with E-state index in [0.717, 1.165) is 42.5 Å². The Morgan fingerprint density at radius 3 is 2.72 bits per heavy atom. The van der Waals surface area contributed by atoms with E-state index in [4.69, 9.17) is 4.74 Å². The molecular weight excluding hydrogens is 392 g/mol. The van der Waals surface area contributed by atoms with Gasteiger partial charge in [0, 0.05) is 22.1 Å². The van der Waals surface area contributed by atoms with Gasteiger partial charge in [0.25, 0.3) is 11.6 Å². The van der Waals surface area contributed by atoms with Gasteiger partial charge in [-0.2, -0.15) is 0 Å². The smallest absolute Gasteiger partial charge is 0.341 e. The van der Waals surface area contributed by atoms with Crippen molar-refractivity contribution in [2.75, 3.05) is 11.9 Å². The molecule has 3 rings (SSSR count). The van der Waals surface area contributed by atoms with E-state index in [0.29, 0.717) is 29.2 Å². The molecule has 1 aliphatic rings. The lowest BCUT2D eigenvalue weighted by atomic mass is 10.1. The average molecular weight is 416 g/mol. The Morgan fingerprint density at radius 1 is 1.24 bits per heavy atom. The minimum absolute atomic E-state index is 0.109. The molecule has 1 N–H and O–H groups in total. The lowest BCUT2D eigenvalue weighted by Gasteiger charge is -2.09. The van der Waals surface area contributed by atoms with E-state index < -0.39 is 16.8 Å². The number of esters is 1. The number of aryl methyl sites for hydroxylation is 2. The summed E-state index contributed by atoms with van der Waals surface area (Å²) in [6.45, 7) is 3.87. The Morgan fingerprint density at radius 2 is 2.00 bits per heavy atom. The highest BCUT2D eigenvalue weighted by atomic mass is 32.1. The number of carbonyl (C=O) groups excluding carboxylic acids is 2. The maximum absolute atomic E-state index is 12.8. The van der Waals surface area contributed by atoms with Crippen molar-refractivity contribution in [1.29, 1.82) is 0 Å². The number of nitrogens with one attached hydrogen (secondary N) is 1. The topological polar surface area (TPSA) is 98.5 Å². The number of rotatable bonds is 6. The molecule has 7 nitrogen and oxygen atoms in total. The van der Waals surface area contributed by atoms with Gasteiger partial charge in [-0.15, -0.1) is 11.3 Å². The predicted molar refractivity (Wildman–Crippen MR) is 112 cm³/mol. The van der Waals surface area contributed by atoms with Gasteiger partial charge in [-0.3, -0.25) is 14.9 Å². The fourth-order valence-electron chi connectivity index (χ4n) is 3.44. The number of hydrogen-bond acceptors (Lipinski definition) is 6. The Bertz CT molecular complexity index is 951. The van der Waals surface area contributed by atoms with Crippen molar-refractivity contribution in [2.24, 2.45) is 0 Å². The van der Waals surface area contributed by atoms with Gasteiger partial charge in [0.1, 0.15) is 5.00 Å². The molecule has 0 atom stereocenters. The summed E-state index contributed by atoms with van der Waals surface area (Å²) in [7, 11) is 0. The van der Waals surface area contributed by atoms with Crippen molar-refractivity contribution in [3.63, 3.8) is 0 Å². The number of nitro groups is 1. The van der Waals surface area contributed by atoms with Crippen LogP contribution in [-0.4, -0.2) is 23.4 Å². The molecule has 8 heteroatoms. The normalized spacial score (nSPS) is 13.3. The summed E-state index contributed by atoms with van der Waals surface area (Å²) in [5.41, 5.74) is 1.97. The summed E-state index contributed by atoms with van der Waals surface area (Å²) < 4.78 is 5.36. The van der Waals surface area contributed by atoms with Crippen LogP contribution in [0, 0.1) is 17.0 Å². The Hall–Kier alpha value is -2.74. The van der Waals surface area contributed by atoms with Gasteiger partial charge in [0.15, 0.2) is 0 Å². The van der Waals surface area contributed by atoms with E-state index in [1.54, 1.807) is 19.1 Å². The van der Waals surface area contributed by atoms with Crippen molar-refractivity contribution in [2.45, 2.75) is 52.4 Å². The number of fused-ring (bicyclic) bond motifs is 1. The first kappa shape index (κ1) is 21.0. The summed E-state index contributed by atoms with van der Waals surface area (Å²) in [4.78, 5) is 37.3. The van der Waals surface area contributed by atoms with Crippen LogP contribution >= 0.6 is 11.3 Å². The third kappa shape index (κ3) is 4.64. The molecule has 0 saturated heterocycles. The first-order valence-electron chi connectivity index (χ1n) is 9.80. The maximum atomic E-state index is 12.8. The molecule has 1 aliphatic carbocycles. The third-order valence-corrected chi connectivity index (χ3v) is 6.17. The second-order valence-corrected chi connectivity index (χ2v) is 8.22. The van der Waals surface area contributed by atoms with E-state index in [1.807, 2.05) is 6.92 Å². The zero-order valence-corrected chi connectivity index (χ0v) is 17.4.